The lowest BCUT2D eigenvalue weighted by Crippen LogP contribution is -2.21. The minimum Gasteiger partial charge on any atom is -0.466 e. The fourth-order valence-corrected chi connectivity index (χ4v) is 4.33. The molecule has 2 nitrogen and oxygen atoms in total. The molecule has 0 aromatic carbocycles. The van der Waals surface area contributed by atoms with Crippen LogP contribution in [0.2, 0.25) is 0 Å². The van der Waals surface area contributed by atoms with Crippen molar-refractivity contribution in [1.82, 2.24) is 0 Å². The van der Waals surface area contributed by atoms with Crippen LogP contribution in [-0.2, 0) is 22.4 Å². The Morgan fingerprint density at radius 2 is 1.94 bits per heavy atom. The van der Waals surface area contributed by atoms with Crippen molar-refractivity contribution in [3.8, 4) is 0 Å². The van der Waals surface area contributed by atoms with Crippen LogP contribution in [0, 0.1) is 5.92 Å². The molecule has 0 aliphatic heterocycles. The van der Waals surface area contributed by atoms with Gasteiger partial charge in [0.2, 0.25) is 0 Å². The molecule has 3 heteroatoms. The molecule has 0 fully saturated rings. The number of hydrogen-bond acceptors (Lipinski definition) is 2. The van der Waals surface area contributed by atoms with Crippen LogP contribution in [0.15, 0.2) is 5.80 Å². The van der Waals surface area contributed by atoms with Crippen molar-refractivity contribution in [3.63, 3.8) is 0 Å². The molecule has 2 unspecified atom stereocenters. The lowest BCUT2D eigenvalue weighted by atomic mass is 9.90. The van der Waals surface area contributed by atoms with Crippen molar-refractivity contribution in [2.75, 3.05) is 6.61 Å². The molecular formula is C15H25O2P. The van der Waals surface area contributed by atoms with Gasteiger partial charge in [0.05, 0.1) is 12.5 Å². The van der Waals surface area contributed by atoms with Crippen molar-refractivity contribution in [2.24, 2.45) is 5.92 Å². The molecule has 0 bridgehead atoms. The van der Waals surface area contributed by atoms with Crippen molar-refractivity contribution in [3.05, 3.63) is 22.2 Å². The summed E-state index contributed by atoms with van der Waals surface area (Å²) in [6.45, 7) is 10.9. The molecule has 2 atom stereocenters. The van der Waals surface area contributed by atoms with E-state index in [2.05, 4.69) is 33.5 Å². The maximum atomic E-state index is 12.2. The zero-order valence-electron chi connectivity index (χ0n) is 12.2. The molecule has 0 N–H and O–H groups in total. The second-order valence-corrected chi connectivity index (χ2v) is 6.00. The third-order valence-electron chi connectivity index (χ3n) is 3.37. The molecule has 0 aliphatic rings. The maximum absolute atomic E-state index is 12.2. The van der Waals surface area contributed by atoms with Gasteiger partial charge in [0.15, 0.2) is 0 Å². The van der Waals surface area contributed by atoms with Crippen molar-refractivity contribution >= 4 is 14.2 Å². The zero-order chi connectivity index (χ0) is 13.7. The van der Waals surface area contributed by atoms with Gasteiger partial charge in [-0.05, 0) is 47.9 Å². The van der Waals surface area contributed by atoms with Crippen LogP contribution in [0.5, 0.6) is 0 Å². The number of carbonyl (C=O) groups excluding carboxylic acids is 1. The second kappa shape index (κ2) is 6.99. The van der Waals surface area contributed by atoms with E-state index < -0.39 is 0 Å². The number of esters is 1. The first-order valence-corrected chi connectivity index (χ1v) is 8.00. The molecule has 1 rings (SSSR count). The van der Waals surface area contributed by atoms with Gasteiger partial charge in [0, 0.05) is 0 Å². The van der Waals surface area contributed by atoms with Crippen LogP contribution in [0.25, 0.3) is 0 Å². The predicted octanol–water partition coefficient (Wildman–Crippen LogP) is 4.15. The summed E-state index contributed by atoms with van der Waals surface area (Å²) >= 11 is 0. The number of ether oxygens (including phenoxy) is 1. The molecule has 0 saturated heterocycles. The highest BCUT2D eigenvalue weighted by molar-refractivity contribution is 7.30. The van der Waals surface area contributed by atoms with Crippen molar-refractivity contribution < 1.29 is 9.53 Å². The average molecular weight is 268 g/mol. The first kappa shape index (κ1) is 15.3. The fourth-order valence-electron chi connectivity index (χ4n) is 2.48. The Hall–Kier alpha value is -0.750. The van der Waals surface area contributed by atoms with E-state index in [0.29, 0.717) is 20.7 Å². The topological polar surface area (TPSA) is 26.3 Å². The van der Waals surface area contributed by atoms with E-state index >= 15 is 0 Å². The summed E-state index contributed by atoms with van der Waals surface area (Å²) in [6.07, 6.45) is 2.08. The summed E-state index contributed by atoms with van der Waals surface area (Å²) in [6, 6.07) is 0. The Kier molecular flexibility index (Phi) is 5.95. The highest BCUT2D eigenvalue weighted by Crippen LogP contribution is 2.38. The standard InChI is InChI=1S/C15H25O2P/c1-6-11-9-18-14(12(11)7-2)13(10(4)5)15(16)17-8-3/h9-10,13,18H,6-8H2,1-5H3. The van der Waals surface area contributed by atoms with E-state index in [4.69, 9.17) is 4.74 Å². The Morgan fingerprint density at radius 1 is 1.28 bits per heavy atom. The van der Waals surface area contributed by atoms with Crippen LogP contribution in [0.3, 0.4) is 0 Å². The molecule has 18 heavy (non-hydrogen) atoms. The summed E-state index contributed by atoms with van der Waals surface area (Å²) in [7, 11) is 0.661. The van der Waals surface area contributed by atoms with Gasteiger partial charge in [0.25, 0.3) is 0 Å². The minimum absolute atomic E-state index is 0.0493. The lowest BCUT2D eigenvalue weighted by Gasteiger charge is -2.20. The fraction of sp³-hybridized carbons (Fsp3) is 0.667. The predicted molar refractivity (Wildman–Crippen MR) is 78.9 cm³/mol. The smallest absolute Gasteiger partial charge is 0.314 e. The van der Waals surface area contributed by atoms with Crippen LogP contribution < -0.4 is 0 Å². The quantitative estimate of drug-likeness (QED) is 0.725. The van der Waals surface area contributed by atoms with E-state index in [0.717, 1.165) is 12.8 Å². The summed E-state index contributed by atoms with van der Waals surface area (Å²) in [5.74, 6) is 2.51. The highest BCUT2D eigenvalue weighted by Gasteiger charge is 2.28. The summed E-state index contributed by atoms with van der Waals surface area (Å²) in [4.78, 5) is 12.2. The van der Waals surface area contributed by atoms with Crippen molar-refractivity contribution in [1.29, 1.82) is 0 Å². The molecule has 1 heterocycles. The van der Waals surface area contributed by atoms with E-state index in [1.165, 1.54) is 16.4 Å². The first-order chi connectivity index (χ1) is 8.56. The second-order valence-electron chi connectivity index (χ2n) is 4.89. The third kappa shape index (κ3) is 3.17. The van der Waals surface area contributed by atoms with Crippen LogP contribution in [0.1, 0.15) is 57.0 Å². The normalized spacial score (nSPS) is 13.2. The largest absolute Gasteiger partial charge is 0.466 e. The Balaban J connectivity index is 3.13. The third-order valence-corrected chi connectivity index (χ3v) is 4.78. The minimum atomic E-state index is -0.0569. The lowest BCUT2D eigenvalue weighted by molar-refractivity contribution is -0.146. The molecule has 102 valence electrons. The van der Waals surface area contributed by atoms with Gasteiger partial charge in [-0.25, -0.2) is 0 Å². The SMILES string of the molecule is CCOC(=O)C(c1[pH]cc(CC)c1CC)C(C)C. The Bertz CT molecular complexity index is 393. The molecule has 0 radical (unpaired) electrons. The molecule has 1 aromatic rings. The average Bonchev–Trinajstić information content (AvgIpc) is 2.71. The van der Waals surface area contributed by atoms with Gasteiger partial charge in [-0.1, -0.05) is 27.7 Å². The van der Waals surface area contributed by atoms with E-state index in [1.54, 1.807) is 0 Å². The van der Waals surface area contributed by atoms with Gasteiger partial charge >= 0.3 is 5.97 Å². The first-order valence-electron chi connectivity index (χ1n) is 6.92. The van der Waals surface area contributed by atoms with Crippen LogP contribution in [0.4, 0.5) is 0 Å². The summed E-state index contributed by atoms with van der Waals surface area (Å²) in [5, 5.41) is 1.32. The number of hydrogen-bond donors (Lipinski definition) is 0. The number of rotatable bonds is 6. The maximum Gasteiger partial charge on any atom is 0.314 e. The van der Waals surface area contributed by atoms with Crippen LogP contribution in [-0.4, -0.2) is 12.6 Å². The Labute approximate surface area is 112 Å². The monoisotopic (exact) mass is 268 g/mol. The molecule has 0 amide bonds. The van der Waals surface area contributed by atoms with E-state index in [-0.39, 0.29) is 11.9 Å². The molecule has 0 aliphatic carbocycles. The van der Waals surface area contributed by atoms with Crippen LogP contribution >= 0.6 is 8.19 Å². The highest BCUT2D eigenvalue weighted by atomic mass is 31.0. The van der Waals surface area contributed by atoms with E-state index in [1.807, 2.05) is 6.92 Å². The number of aryl methyl sites for hydroxylation is 1. The molecule has 1 aromatic heterocycles. The zero-order valence-corrected chi connectivity index (χ0v) is 13.2. The van der Waals surface area contributed by atoms with Gasteiger partial charge in [-0.3, -0.25) is 4.79 Å². The van der Waals surface area contributed by atoms with Gasteiger partial charge < -0.3 is 4.74 Å². The molecule has 0 saturated carbocycles. The Morgan fingerprint density at radius 3 is 2.39 bits per heavy atom. The van der Waals surface area contributed by atoms with Gasteiger partial charge in [0.1, 0.15) is 0 Å². The van der Waals surface area contributed by atoms with Gasteiger partial charge in [-0.15, -0.1) is 8.19 Å². The van der Waals surface area contributed by atoms with Crippen molar-refractivity contribution in [2.45, 2.75) is 53.4 Å². The van der Waals surface area contributed by atoms with E-state index in [9.17, 15) is 4.79 Å². The molecule has 0 spiro atoms. The summed E-state index contributed by atoms with van der Waals surface area (Å²) < 4.78 is 5.25. The summed E-state index contributed by atoms with van der Waals surface area (Å²) in [5.41, 5.74) is 2.84. The number of carbonyl (C=O) groups is 1. The molecular weight excluding hydrogens is 243 g/mol. The van der Waals surface area contributed by atoms with Gasteiger partial charge in [-0.2, -0.15) is 0 Å².